The zero-order valence-corrected chi connectivity index (χ0v) is 23.0. The molecule has 0 bridgehead atoms. The van der Waals surface area contributed by atoms with Crippen LogP contribution >= 0.6 is 0 Å². The first kappa shape index (κ1) is 26.9. The molecule has 0 saturated carbocycles. The maximum atomic E-state index is 14.1. The van der Waals surface area contributed by atoms with Crippen molar-refractivity contribution in [3.63, 3.8) is 0 Å². The highest BCUT2D eigenvalue weighted by Crippen LogP contribution is 2.44. The average molecular weight is 560 g/mol. The zero-order chi connectivity index (χ0) is 28.9. The highest BCUT2D eigenvalue weighted by Gasteiger charge is 2.46. The molecule has 0 spiro atoms. The predicted molar refractivity (Wildman–Crippen MR) is 159 cm³/mol. The summed E-state index contributed by atoms with van der Waals surface area (Å²) < 4.78 is 23.4. The van der Waals surface area contributed by atoms with Crippen molar-refractivity contribution in [3.8, 4) is 11.5 Å². The number of methoxy groups -OCH3 is 1. The third kappa shape index (κ3) is 5.49. The molecule has 1 unspecified atom stereocenters. The van der Waals surface area contributed by atoms with E-state index in [2.05, 4.69) is 0 Å². The van der Waals surface area contributed by atoms with Crippen LogP contribution in [-0.4, -0.2) is 25.3 Å². The van der Waals surface area contributed by atoms with Gasteiger partial charge in [0, 0.05) is 11.3 Å². The van der Waals surface area contributed by atoms with Crippen LogP contribution in [0.3, 0.4) is 0 Å². The lowest BCUT2D eigenvalue weighted by Crippen LogP contribution is -2.53. The van der Waals surface area contributed by atoms with Gasteiger partial charge in [-0.15, -0.1) is 0 Å². The summed E-state index contributed by atoms with van der Waals surface area (Å²) in [6, 6.07) is 36.4. The Morgan fingerprint density at radius 1 is 0.690 bits per heavy atom. The molecule has 0 N–H and O–H groups in total. The van der Waals surface area contributed by atoms with Crippen LogP contribution in [0.4, 0.5) is 5.69 Å². The van der Waals surface area contributed by atoms with Gasteiger partial charge in [-0.3, -0.25) is 0 Å². The van der Waals surface area contributed by atoms with Crippen LogP contribution in [-0.2, 0) is 32.3 Å². The lowest BCUT2D eigenvalue weighted by Gasteiger charge is -2.42. The van der Waals surface area contributed by atoms with Crippen LogP contribution in [0.1, 0.15) is 22.7 Å². The Hall–Kier alpha value is -5.30. The SMILES string of the molecule is COc1ccc(N2C(C(=O)OCc3ccccc3)c3c(ccc4ccccc34)O[C@H]2C(=O)OCc2ccccc2)cc1. The Bertz CT molecular complexity index is 1690. The fourth-order valence-electron chi connectivity index (χ4n) is 5.15. The monoisotopic (exact) mass is 559 g/mol. The maximum absolute atomic E-state index is 14.1. The van der Waals surface area contributed by atoms with Gasteiger partial charge in [0.15, 0.2) is 6.04 Å². The minimum absolute atomic E-state index is 0.0592. The summed E-state index contributed by atoms with van der Waals surface area (Å²) in [5.74, 6) is -0.0958. The molecule has 1 aliphatic rings. The van der Waals surface area contributed by atoms with Gasteiger partial charge in [-0.1, -0.05) is 91.0 Å². The van der Waals surface area contributed by atoms with Gasteiger partial charge < -0.3 is 23.8 Å². The second-order valence-electron chi connectivity index (χ2n) is 9.86. The number of rotatable bonds is 8. The summed E-state index contributed by atoms with van der Waals surface area (Å²) in [5, 5.41) is 1.76. The van der Waals surface area contributed by atoms with Crippen molar-refractivity contribution in [3.05, 3.63) is 138 Å². The highest BCUT2D eigenvalue weighted by molar-refractivity contribution is 5.97. The summed E-state index contributed by atoms with van der Waals surface area (Å²) in [6.07, 6.45) is -1.26. The summed E-state index contributed by atoms with van der Waals surface area (Å²) in [7, 11) is 1.58. The molecule has 0 saturated heterocycles. The van der Waals surface area contributed by atoms with Gasteiger partial charge in [0.1, 0.15) is 24.7 Å². The molecule has 42 heavy (non-hydrogen) atoms. The molecule has 0 aliphatic carbocycles. The van der Waals surface area contributed by atoms with E-state index in [1.807, 2.05) is 91.0 Å². The highest BCUT2D eigenvalue weighted by atomic mass is 16.6. The lowest BCUT2D eigenvalue weighted by atomic mass is 9.94. The smallest absolute Gasteiger partial charge is 0.369 e. The number of hydrogen-bond donors (Lipinski definition) is 0. The summed E-state index contributed by atoms with van der Waals surface area (Å²) in [5.41, 5.74) is 2.88. The van der Waals surface area contributed by atoms with Crippen LogP contribution in [0.2, 0.25) is 0 Å². The number of ether oxygens (including phenoxy) is 4. The molecule has 7 nitrogen and oxygen atoms in total. The van der Waals surface area contributed by atoms with Gasteiger partial charge in [0.25, 0.3) is 6.23 Å². The topological polar surface area (TPSA) is 74.3 Å². The number of benzene rings is 5. The molecule has 6 rings (SSSR count). The molecular formula is C35H29NO6. The zero-order valence-electron chi connectivity index (χ0n) is 23.0. The number of nitrogens with zero attached hydrogens (tertiary/aromatic N) is 1. The summed E-state index contributed by atoms with van der Waals surface area (Å²) in [4.78, 5) is 29.5. The van der Waals surface area contributed by atoms with Crippen LogP contribution < -0.4 is 14.4 Å². The predicted octanol–water partition coefficient (Wildman–Crippen LogP) is 6.60. The van der Waals surface area contributed by atoms with Gasteiger partial charge >= 0.3 is 11.9 Å². The van der Waals surface area contributed by atoms with Crippen molar-refractivity contribution in [2.45, 2.75) is 25.5 Å². The van der Waals surface area contributed by atoms with E-state index in [9.17, 15) is 9.59 Å². The van der Waals surface area contributed by atoms with E-state index in [1.165, 1.54) is 0 Å². The number of anilines is 1. The molecule has 0 radical (unpaired) electrons. The number of esters is 2. The maximum Gasteiger partial charge on any atom is 0.369 e. The van der Waals surface area contributed by atoms with Crippen molar-refractivity contribution in [2.75, 3.05) is 12.0 Å². The molecule has 1 heterocycles. The average Bonchev–Trinajstić information content (AvgIpc) is 3.06. The first-order valence-electron chi connectivity index (χ1n) is 13.6. The van der Waals surface area contributed by atoms with E-state index in [0.29, 0.717) is 22.7 Å². The van der Waals surface area contributed by atoms with E-state index in [1.54, 1.807) is 42.3 Å². The quantitative estimate of drug-likeness (QED) is 0.198. The van der Waals surface area contributed by atoms with Crippen molar-refractivity contribution in [2.24, 2.45) is 0 Å². The molecule has 5 aromatic carbocycles. The fraction of sp³-hybridized carbons (Fsp3) is 0.143. The Balaban J connectivity index is 1.44. The van der Waals surface area contributed by atoms with Crippen molar-refractivity contribution in [1.82, 2.24) is 0 Å². The molecule has 5 aromatic rings. The lowest BCUT2D eigenvalue weighted by molar-refractivity contribution is -0.156. The Morgan fingerprint density at radius 3 is 1.93 bits per heavy atom. The number of carbonyl (C=O) groups is 2. The van der Waals surface area contributed by atoms with Gasteiger partial charge in [0.2, 0.25) is 0 Å². The molecule has 210 valence electrons. The fourth-order valence-corrected chi connectivity index (χ4v) is 5.15. The molecule has 0 aromatic heterocycles. The number of fused-ring (bicyclic) bond motifs is 3. The van der Waals surface area contributed by atoms with Crippen LogP contribution in [0.15, 0.2) is 121 Å². The van der Waals surface area contributed by atoms with E-state index in [-0.39, 0.29) is 13.2 Å². The van der Waals surface area contributed by atoms with E-state index in [0.717, 1.165) is 21.9 Å². The van der Waals surface area contributed by atoms with Crippen LogP contribution in [0.25, 0.3) is 10.8 Å². The van der Waals surface area contributed by atoms with Crippen molar-refractivity contribution < 1.29 is 28.5 Å². The molecule has 7 heteroatoms. The number of carbonyl (C=O) groups excluding carboxylic acids is 2. The third-order valence-electron chi connectivity index (χ3n) is 7.22. The molecule has 2 atom stereocenters. The van der Waals surface area contributed by atoms with E-state index < -0.39 is 24.2 Å². The van der Waals surface area contributed by atoms with Crippen molar-refractivity contribution in [1.29, 1.82) is 0 Å². The molecular weight excluding hydrogens is 530 g/mol. The summed E-state index contributed by atoms with van der Waals surface area (Å²) in [6.45, 7) is 0.139. The van der Waals surface area contributed by atoms with Crippen molar-refractivity contribution >= 4 is 28.4 Å². The van der Waals surface area contributed by atoms with Gasteiger partial charge in [-0.2, -0.15) is 0 Å². The Labute approximate surface area is 243 Å². The summed E-state index contributed by atoms with van der Waals surface area (Å²) >= 11 is 0. The molecule has 1 aliphatic heterocycles. The number of hydrogen-bond acceptors (Lipinski definition) is 7. The van der Waals surface area contributed by atoms with E-state index >= 15 is 0 Å². The molecule has 0 amide bonds. The molecule has 0 fully saturated rings. The van der Waals surface area contributed by atoms with Crippen LogP contribution in [0, 0.1) is 0 Å². The Morgan fingerprint density at radius 2 is 1.29 bits per heavy atom. The van der Waals surface area contributed by atoms with Gasteiger partial charge in [-0.25, -0.2) is 9.59 Å². The second kappa shape index (κ2) is 12.1. The Kier molecular flexibility index (Phi) is 7.72. The first-order chi connectivity index (χ1) is 20.6. The van der Waals surface area contributed by atoms with Gasteiger partial charge in [0.05, 0.1) is 7.11 Å². The third-order valence-corrected chi connectivity index (χ3v) is 7.22. The normalized spacial score (nSPS) is 15.8. The van der Waals surface area contributed by atoms with Crippen LogP contribution in [0.5, 0.6) is 11.5 Å². The minimum atomic E-state index is -1.26. The van der Waals surface area contributed by atoms with Gasteiger partial charge in [-0.05, 0) is 52.2 Å². The minimum Gasteiger partial charge on any atom is -0.497 e. The standard InChI is InChI=1S/C35H29NO6/c1-39-28-19-17-27(18-20-28)36-32(34(37)40-22-24-10-4-2-5-11-24)31-29-15-9-8-14-26(29)16-21-30(31)42-33(36)35(38)41-23-25-12-6-3-7-13-25/h2-21,32-33H,22-23H2,1H3/t32?,33-/m0/s1. The second-order valence-corrected chi connectivity index (χ2v) is 9.86. The first-order valence-corrected chi connectivity index (χ1v) is 13.6. The largest absolute Gasteiger partial charge is 0.497 e. The van der Waals surface area contributed by atoms with E-state index in [4.69, 9.17) is 18.9 Å².